The van der Waals surface area contributed by atoms with Gasteiger partial charge < -0.3 is 10.0 Å². The standard InChI is InChI=1S/C11H21NO/c1-12-7-4-10(9-12)8-11(13)5-2-3-6-11/h10,13H,2-9H2,1H3. The van der Waals surface area contributed by atoms with Crippen molar-refractivity contribution in [1.29, 1.82) is 0 Å². The molecule has 2 aliphatic rings. The van der Waals surface area contributed by atoms with Gasteiger partial charge in [-0.05, 0) is 45.2 Å². The van der Waals surface area contributed by atoms with Gasteiger partial charge in [0.2, 0.25) is 0 Å². The highest BCUT2D eigenvalue weighted by Gasteiger charge is 2.35. The van der Waals surface area contributed by atoms with Gasteiger partial charge in [0.1, 0.15) is 0 Å². The zero-order chi connectivity index (χ0) is 9.31. The summed E-state index contributed by atoms with van der Waals surface area (Å²) >= 11 is 0. The number of hydrogen-bond acceptors (Lipinski definition) is 2. The van der Waals surface area contributed by atoms with Crippen LogP contribution in [0.2, 0.25) is 0 Å². The molecule has 76 valence electrons. The van der Waals surface area contributed by atoms with E-state index in [-0.39, 0.29) is 5.60 Å². The molecule has 2 fully saturated rings. The molecule has 0 bridgehead atoms. The van der Waals surface area contributed by atoms with Crippen LogP contribution in [0.1, 0.15) is 38.5 Å². The second-order valence-electron chi connectivity index (χ2n) is 5.05. The third-order valence-corrected chi connectivity index (χ3v) is 3.69. The van der Waals surface area contributed by atoms with Crippen LogP contribution in [0, 0.1) is 5.92 Å². The maximum atomic E-state index is 10.2. The third-order valence-electron chi connectivity index (χ3n) is 3.69. The molecule has 0 aromatic heterocycles. The van der Waals surface area contributed by atoms with Crippen LogP contribution in [-0.2, 0) is 0 Å². The molecule has 2 heteroatoms. The summed E-state index contributed by atoms with van der Waals surface area (Å²) in [7, 11) is 2.18. The van der Waals surface area contributed by atoms with Crippen LogP contribution in [0.5, 0.6) is 0 Å². The fraction of sp³-hybridized carbons (Fsp3) is 1.00. The molecule has 0 aromatic rings. The Kier molecular flexibility index (Phi) is 2.61. The van der Waals surface area contributed by atoms with Crippen molar-refractivity contribution in [3.8, 4) is 0 Å². The molecule has 13 heavy (non-hydrogen) atoms. The molecule has 1 unspecified atom stereocenters. The molecular weight excluding hydrogens is 162 g/mol. The zero-order valence-corrected chi connectivity index (χ0v) is 8.63. The molecule has 1 aliphatic heterocycles. The largest absolute Gasteiger partial charge is 0.390 e. The summed E-state index contributed by atoms with van der Waals surface area (Å²) in [6, 6.07) is 0. The van der Waals surface area contributed by atoms with Gasteiger partial charge >= 0.3 is 0 Å². The van der Waals surface area contributed by atoms with Crippen molar-refractivity contribution < 1.29 is 5.11 Å². The van der Waals surface area contributed by atoms with E-state index in [0.29, 0.717) is 0 Å². The minimum Gasteiger partial charge on any atom is -0.390 e. The molecule has 2 nitrogen and oxygen atoms in total. The lowest BCUT2D eigenvalue weighted by atomic mass is 9.88. The first-order valence-corrected chi connectivity index (χ1v) is 5.59. The summed E-state index contributed by atoms with van der Waals surface area (Å²) in [5, 5.41) is 10.2. The van der Waals surface area contributed by atoms with Gasteiger partial charge in [-0.1, -0.05) is 12.8 Å². The summed E-state index contributed by atoms with van der Waals surface area (Å²) in [6.07, 6.45) is 6.91. The van der Waals surface area contributed by atoms with Crippen LogP contribution < -0.4 is 0 Å². The molecule has 1 heterocycles. The summed E-state index contributed by atoms with van der Waals surface area (Å²) < 4.78 is 0. The Labute approximate surface area is 80.9 Å². The van der Waals surface area contributed by atoms with E-state index in [1.807, 2.05) is 0 Å². The van der Waals surface area contributed by atoms with Gasteiger partial charge in [0.25, 0.3) is 0 Å². The monoisotopic (exact) mass is 183 g/mol. The SMILES string of the molecule is CN1CCC(CC2(O)CCCC2)C1. The van der Waals surface area contributed by atoms with Gasteiger partial charge in [-0.15, -0.1) is 0 Å². The molecule has 0 aromatic carbocycles. The van der Waals surface area contributed by atoms with Crippen molar-refractivity contribution in [3.05, 3.63) is 0 Å². The Morgan fingerprint density at radius 1 is 1.38 bits per heavy atom. The van der Waals surface area contributed by atoms with Crippen LogP contribution in [0.25, 0.3) is 0 Å². The predicted octanol–water partition coefficient (Wildman–Crippen LogP) is 1.63. The molecule has 0 amide bonds. The molecule has 2 rings (SSSR count). The van der Waals surface area contributed by atoms with E-state index in [9.17, 15) is 5.11 Å². The number of nitrogens with zero attached hydrogens (tertiary/aromatic N) is 1. The lowest BCUT2D eigenvalue weighted by Crippen LogP contribution is -2.28. The van der Waals surface area contributed by atoms with E-state index in [1.165, 1.54) is 32.4 Å². The second-order valence-corrected chi connectivity index (χ2v) is 5.05. The molecule has 1 saturated heterocycles. The van der Waals surface area contributed by atoms with Crippen LogP contribution in [0.15, 0.2) is 0 Å². The van der Waals surface area contributed by atoms with Crippen molar-refractivity contribution in [2.45, 2.75) is 44.1 Å². The van der Waals surface area contributed by atoms with Crippen molar-refractivity contribution >= 4 is 0 Å². The summed E-state index contributed by atoms with van der Waals surface area (Å²) in [5.41, 5.74) is -0.282. The minimum atomic E-state index is -0.282. The Balaban J connectivity index is 1.83. The fourth-order valence-electron chi connectivity index (χ4n) is 2.97. The maximum Gasteiger partial charge on any atom is 0.0651 e. The highest BCUT2D eigenvalue weighted by Crippen LogP contribution is 2.36. The van der Waals surface area contributed by atoms with Crippen molar-refractivity contribution in [2.24, 2.45) is 5.92 Å². The number of hydrogen-bond donors (Lipinski definition) is 1. The average Bonchev–Trinajstić information content (AvgIpc) is 2.62. The van der Waals surface area contributed by atoms with Gasteiger partial charge in [-0.3, -0.25) is 0 Å². The van der Waals surface area contributed by atoms with E-state index in [0.717, 1.165) is 25.2 Å². The van der Waals surface area contributed by atoms with Crippen molar-refractivity contribution in [2.75, 3.05) is 20.1 Å². The number of rotatable bonds is 2. The highest BCUT2D eigenvalue weighted by atomic mass is 16.3. The normalized spacial score (nSPS) is 34.2. The van der Waals surface area contributed by atoms with Gasteiger partial charge in [0, 0.05) is 6.54 Å². The second kappa shape index (κ2) is 3.58. The van der Waals surface area contributed by atoms with Crippen LogP contribution in [0.3, 0.4) is 0 Å². The van der Waals surface area contributed by atoms with Gasteiger partial charge in [-0.25, -0.2) is 0 Å². The molecule has 0 radical (unpaired) electrons. The van der Waals surface area contributed by atoms with Crippen LogP contribution >= 0.6 is 0 Å². The highest BCUT2D eigenvalue weighted by molar-refractivity contribution is 4.88. The predicted molar refractivity (Wildman–Crippen MR) is 53.6 cm³/mol. The summed E-state index contributed by atoms with van der Waals surface area (Å²) in [4.78, 5) is 2.38. The van der Waals surface area contributed by atoms with Crippen LogP contribution in [-0.4, -0.2) is 35.7 Å². The van der Waals surface area contributed by atoms with Gasteiger partial charge in [-0.2, -0.15) is 0 Å². The average molecular weight is 183 g/mol. The first kappa shape index (κ1) is 9.47. The van der Waals surface area contributed by atoms with Crippen molar-refractivity contribution in [3.63, 3.8) is 0 Å². The molecule has 1 N–H and O–H groups in total. The van der Waals surface area contributed by atoms with E-state index in [2.05, 4.69) is 11.9 Å². The molecular formula is C11H21NO. The van der Waals surface area contributed by atoms with Gasteiger partial charge in [0.15, 0.2) is 0 Å². The van der Waals surface area contributed by atoms with Crippen molar-refractivity contribution in [1.82, 2.24) is 4.90 Å². The molecule has 1 aliphatic carbocycles. The molecule has 0 spiro atoms. The first-order valence-electron chi connectivity index (χ1n) is 5.59. The lowest BCUT2D eigenvalue weighted by Gasteiger charge is -2.25. The Bertz CT molecular complexity index is 175. The Morgan fingerprint density at radius 3 is 2.62 bits per heavy atom. The minimum absolute atomic E-state index is 0.282. The van der Waals surface area contributed by atoms with Gasteiger partial charge in [0.05, 0.1) is 5.60 Å². The lowest BCUT2D eigenvalue weighted by molar-refractivity contribution is 0.0236. The fourth-order valence-corrected chi connectivity index (χ4v) is 2.97. The smallest absolute Gasteiger partial charge is 0.0651 e. The van der Waals surface area contributed by atoms with E-state index < -0.39 is 0 Å². The molecule has 1 saturated carbocycles. The maximum absolute atomic E-state index is 10.2. The van der Waals surface area contributed by atoms with E-state index in [1.54, 1.807) is 0 Å². The zero-order valence-electron chi connectivity index (χ0n) is 8.63. The van der Waals surface area contributed by atoms with E-state index in [4.69, 9.17) is 0 Å². The summed E-state index contributed by atoms with van der Waals surface area (Å²) in [6.45, 7) is 2.42. The molecule has 1 atom stereocenters. The van der Waals surface area contributed by atoms with Crippen LogP contribution in [0.4, 0.5) is 0 Å². The quantitative estimate of drug-likeness (QED) is 0.703. The number of aliphatic hydroxyl groups is 1. The van der Waals surface area contributed by atoms with E-state index >= 15 is 0 Å². The topological polar surface area (TPSA) is 23.5 Å². The first-order chi connectivity index (χ1) is 6.18. The summed E-state index contributed by atoms with van der Waals surface area (Å²) in [5.74, 6) is 0.757. The Hall–Kier alpha value is -0.0800. The Morgan fingerprint density at radius 2 is 2.08 bits per heavy atom. The third kappa shape index (κ3) is 2.23. The number of likely N-dealkylation sites (tertiary alicyclic amines) is 1.